The van der Waals surface area contributed by atoms with Gasteiger partial charge in [-0.15, -0.1) is 0 Å². The van der Waals surface area contributed by atoms with E-state index in [1.54, 1.807) is 0 Å². The van der Waals surface area contributed by atoms with Crippen molar-refractivity contribution in [3.05, 3.63) is 348 Å². The van der Waals surface area contributed by atoms with Crippen molar-refractivity contribution in [1.29, 1.82) is 0 Å². The van der Waals surface area contributed by atoms with E-state index in [0.29, 0.717) is 11.3 Å². The van der Waals surface area contributed by atoms with Gasteiger partial charge in [0.15, 0.2) is 5.78 Å². The monoisotopic (exact) mass is 1300 g/mol. The lowest BCUT2D eigenvalue weighted by atomic mass is 9.77. The minimum atomic E-state index is -0.921. The summed E-state index contributed by atoms with van der Waals surface area (Å²) < 4.78 is 0. The molecule has 9 nitrogen and oxygen atoms in total. The lowest BCUT2D eigenvalue weighted by Gasteiger charge is -2.22. The number of nitrogens with one attached hydrogen (secondary N) is 4. The molecule has 9 heteroatoms. The number of aromatic amines is 4. The molecule has 0 saturated carbocycles. The molecule has 1 aliphatic carbocycles. The normalized spacial score (nSPS) is 14.2. The van der Waals surface area contributed by atoms with Gasteiger partial charge in [-0.1, -0.05) is 249 Å². The number of carbonyl (C=O) groups is 1. The van der Waals surface area contributed by atoms with Gasteiger partial charge >= 0.3 is 0 Å². The van der Waals surface area contributed by atoms with Crippen molar-refractivity contribution in [2.75, 3.05) is 0 Å². The molecule has 0 fully saturated rings. The fourth-order valence-corrected chi connectivity index (χ4v) is 16.3. The molecule has 5 aliphatic rings. The van der Waals surface area contributed by atoms with E-state index in [4.69, 9.17) is 19.9 Å². The van der Waals surface area contributed by atoms with E-state index in [1.807, 2.05) is 12.1 Å². The van der Waals surface area contributed by atoms with Gasteiger partial charge in [-0.05, 0) is 134 Å². The summed E-state index contributed by atoms with van der Waals surface area (Å²) in [4.78, 5) is 57.3. The van der Waals surface area contributed by atoms with Gasteiger partial charge in [-0.3, -0.25) is 9.78 Å². The van der Waals surface area contributed by atoms with Crippen molar-refractivity contribution in [2.45, 2.75) is 11.8 Å². The number of nitrogens with zero attached hydrogens (tertiary/aromatic N) is 4. The summed E-state index contributed by atoms with van der Waals surface area (Å²) in [6, 6.07) is 102. The predicted octanol–water partition coefficient (Wildman–Crippen LogP) is 23.1. The Hall–Kier alpha value is -13.6. The number of Topliss-reactive ketones (excluding diaryl/α,β-unsaturated/α-hetero) is 1. The first-order valence-electron chi connectivity index (χ1n) is 34.6. The highest BCUT2D eigenvalue weighted by atomic mass is 16.1. The smallest absolute Gasteiger partial charge is 0.173 e. The molecule has 2 unspecified atom stereocenters. The third kappa shape index (κ3) is 9.58. The zero-order chi connectivity index (χ0) is 67.4. The summed E-state index contributed by atoms with van der Waals surface area (Å²) in [7, 11) is 0. The molecule has 6 aromatic heterocycles. The fourth-order valence-electron chi connectivity index (χ4n) is 16.3. The van der Waals surface area contributed by atoms with Crippen LogP contribution in [0.5, 0.6) is 0 Å². The van der Waals surface area contributed by atoms with E-state index in [1.165, 1.54) is 0 Å². The van der Waals surface area contributed by atoms with Crippen molar-refractivity contribution < 1.29 is 4.79 Å². The molecule has 102 heavy (non-hydrogen) atoms. The number of aromatic nitrogens is 8. The zero-order valence-electron chi connectivity index (χ0n) is 55.0. The van der Waals surface area contributed by atoms with E-state index >= 15 is 4.79 Å². The first kappa shape index (κ1) is 58.5. The van der Waals surface area contributed by atoms with Crippen LogP contribution in [0.1, 0.15) is 73.3 Å². The Labute approximate surface area is 587 Å². The van der Waals surface area contributed by atoms with Gasteiger partial charge in [-0.25, -0.2) is 15.0 Å². The largest absolute Gasteiger partial charge is 0.354 e. The number of fused-ring (bicyclic) bond motifs is 17. The second kappa shape index (κ2) is 23.8. The third-order valence-electron chi connectivity index (χ3n) is 20.7. The van der Waals surface area contributed by atoms with Gasteiger partial charge in [0.2, 0.25) is 0 Å². The Morgan fingerprint density at radius 3 is 0.931 bits per heavy atom. The van der Waals surface area contributed by atoms with Crippen LogP contribution in [0.3, 0.4) is 0 Å². The highest BCUT2D eigenvalue weighted by Gasteiger charge is 2.46. The SMILES string of the molecule is O=C1c2cccc3cccc(c23)-c2c3nc(c(-c4ccccc4)c4ccc([nH]4)c(-c4ccccc4)c4nc(c(-c5ccccc5)c5ccc2[nH]5)C=C4)C(c2cc4[nH]c2c(-c2ccccc2)c2nc(c(-c5ccccc5)c5ccc([nH]5)c(-c5ccccc5)c5nc(c4-c4ccccc4)C=C5)C=C2)C13. The van der Waals surface area contributed by atoms with Crippen LogP contribution >= 0.6 is 0 Å². The molecule has 16 bridgehead atoms. The van der Waals surface area contributed by atoms with Gasteiger partial charge in [-0.2, -0.15) is 0 Å². The molecule has 2 atom stereocenters. The molecule has 0 amide bonds. The van der Waals surface area contributed by atoms with Gasteiger partial charge in [0.05, 0.1) is 57.0 Å². The molecule has 4 aliphatic heterocycles. The van der Waals surface area contributed by atoms with Crippen molar-refractivity contribution in [1.82, 2.24) is 39.9 Å². The third-order valence-corrected chi connectivity index (χ3v) is 20.7. The second-order valence-electron chi connectivity index (χ2n) is 26.5. The highest BCUT2D eigenvalue weighted by molar-refractivity contribution is 6.20. The predicted molar refractivity (Wildman–Crippen MR) is 419 cm³/mol. The fraction of sp³-hybridized carbons (Fsp3) is 0.0215. The Kier molecular flexibility index (Phi) is 13.7. The minimum Gasteiger partial charge on any atom is -0.354 e. The Bertz CT molecular complexity index is 6420. The molecule has 9 aromatic carbocycles. The van der Waals surface area contributed by atoms with E-state index < -0.39 is 11.8 Å². The first-order chi connectivity index (χ1) is 50.5. The number of carbonyl (C=O) groups excluding carboxylic acids is 1. The molecule has 4 N–H and O–H groups in total. The van der Waals surface area contributed by atoms with Gasteiger partial charge in [0.1, 0.15) is 0 Å². The molecule has 478 valence electrons. The van der Waals surface area contributed by atoms with E-state index in [9.17, 15) is 0 Å². The van der Waals surface area contributed by atoms with E-state index in [2.05, 4.69) is 335 Å². The average molecular weight is 1310 g/mol. The molecule has 0 saturated heterocycles. The maximum atomic E-state index is 17.5. The molecule has 20 rings (SSSR count). The summed E-state index contributed by atoms with van der Waals surface area (Å²) in [6.07, 6.45) is 12.9. The van der Waals surface area contributed by atoms with E-state index in [-0.39, 0.29) is 5.78 Å². The van der Waals surface area contributed by atoms with E-state index in [0.717, 1.165) is 189 Å². The minimum absolute atomic E-state index is 0.0385. The number of hydrogen-bond acceptors (Lipinski definition) is 5. The second-order valence-corrected chi connectivity index (χ2v) is 26.5. The molecular weight excluding hydrogens is 1250 g/mol. The number of benzene rings is 9. The van der Waals surface area contributed by atoms with Crippen LogP contribution in [0.25, 0.3) is 180 Å². The van der Waals surface area contributed by atoms with Crippen LogP contribution < -0.4 is 0 Å². The summed E-state index contributed by atoms with van der Waals surface area (Å²) >= 11 is 0. The van der Waals surface area contributed by atoms with Crippen LogP contribution in [0.15, 0.2) is 291 Å². The van der Waals surface area contributed by atoms with Gasteiger partial charge in [0.25, 0.3) is 0 Å². The summed E-state index contributed by atoms with van der Waals surface area (Å²) in [6.45, 7) is 0. The first-order valence-corrected chi connectivity index (χ1v) is 34.6. The molecule has 10 heterocycles. The van der Waals surface area contributed by atoms with Crippen LogP contribution in [0.4, 0.5) is 0 Å². The van der Waals surface area contributed by atoms with Crippen LogP contribution in [-0.4, -0.2) is 45.7 Å². The number of rotatable bonds is 8. The standard InChI is InChI=1S/C93H60N8O/c102-93-64-41-23-39-55-38-22-40-63(79(55)64)87-77-53-50-73(99-77)83(59-30-14-4-15-31-59)69-45-44-68(95-69)82(58-28-12-3-13-29-58)72-49-52-76(98-72)86(62-36-20-7-21-37-62)91-88(89(93)92(87)101-91)65-54-78-84(60-32-16-5-17-33-60)74-47-46-70(96-74)80(56-24-8-1-9-25-56)66-42-43-67(94-66)81(57-26-10-2-11-27-57)71-48-51-75(97-71)85(90(65)100-78)61-34-18-6-19-35-61/h1-54,88-89,94,98-100H. The lowest BCUT2D eigenvalue weighted by molar-refractivity contribution is 0.0957. The molecule has 0 radical (unpaired) electrons. The van der Waals surface area contributed by atoms with Crippen LogP contribution in [0.2, 0.25) is 0 Å². The van der Waals surface area contributed by atoms with Crippen LogP contribution in [0, 0.1) is 0 Å². The Balaban J connectivity index is 1.01. The van der Waals surface area contributed by atoms with Crippen LogP contribution in [-0.2, 0) is 0 Å². The summed E-state index contributed by atoms with van der Waals surface area (Å²) in [5, 5.41) is 1.84. The Morgan fingerprint density at radius 2 is 0.549 bits per heavy atom. The topological polar surface area (TPSA) is 132 Å². The molecule has 0 spiro atoms. The van der Waals surface area contributed by atoms with Crippen molar-refractivity contribution in [3.63, 3.8) is 0 Å². The van der Waals surface area contributed by atoms with Crippen molar-refractivity contribution in [3.8, 4) is 89.0 Å². The average Bonchev–Trinajstić information content (AvgIpc) is 1.55. The number of ketones is 1. The molecular formula is C93H60N8O. The summed E-state index contributed by atoms with van der Waals surface area (Å²) in [5.41, 5.74) is 29.4. The quantitative estimate of drug-likeness (QED) is 0.120. The number of H-pyrrole nitrogens is 4. The van der Waals surface area contributed by atoms with Crippen molar-refractivity contribution >= 4 is 97.1 Å². The number of hydrogen-bond donors (Lipinski definition) is 4. The van der Waals surface area contributed by atoms with Gasteiger partial charge < -0.3 is 19.9 Å². The highest BCUT2D eigenvalue weighted by Crippen LogP contribution is 2.56. The maximum Gasteiger partial charge on any atom is 0.173 e. The van der Waals surface area contributed by atoms with Crippen molar-refractivity contribution in [2.24, 2.45) is 0 Å². The Morgan fingerprint density at radius 1 is 0.245 bits per heavy atom. The lowest BCUT2D eigenvalue weighted by Crippen LogP contribution is -2.18. The van der Waals surface area contributed by atoms with Gasteiger partial charge in [0, 0.05) is 100.0 Å². The molecule has 15 aromatic rings. The maximum absolute atomic E-state index is 17.5. The zero-order valence-corrected chi connectivity index (χ0v) is 55.0. The summed E-state index contributed by atoms with van der Waals surface area (Å²) in [5.74, 6) is -1.75.